The SMILES string of the molecule is O=C(N1CCO[C@H]2CC[C@H]1[C@@H]2OCc1cccnc1)C1(F)CCC1. The van der Waals surface area contributed by atoms with Crippen molar-refractivity contribution >= 4 is 5.91 Å². The van der Waals surface area contributed by atoms with Crippen LogP contribution in [-0.4, -0.2) is 52.9 Å². The summed E-state index contributed by atoms with van der Waals surface area (Å²) < 4.78 is 26.6. The van der Waals surface area contributed by atoms with Crippen LogP contribution in [0.4, 0.5) is 4.39 Å². The molecule has 5 nitrogen and oxygen atoms in total. The zero-order chi connectivity index (χ0) is 16.6. The van der Waals surface area contributed by atoms with Crippen molar-refractivity contribution in [3.63, 3.8) is 0 Å². The Morgan fingerprint density at radius 2 is 2.33 bits per heavy atom. The molecule has 2 saturated carbocycles. The molecule has 2 heterocycles. The monoisotopic (exact) mass is 334 g/mol. The molecule has 0 aromatic carbocycles. The Kier molecular flexibility index (Phi) is 4.26. The Labute approximate surface area is 141 Å². The number of amides is 1. The molecular weight excluding hydrogens is 311 g/mol. The first-order valence-electron chi connectivity index (χ1n) is 8.79. The molecule has 1 aromatic rings. The van der Waals surface area contributed by atoms with Crippen molar-refractivity contribution in [2.75, 3.05) is 13.2 Å². The third-order valence-electron chi connectivity index (χ3n) is 5.51. The fourth-order valence-corrected chi connectivity index (χ4v) is 4.00. The second kappa shape index (κ2) is 6.41. The minimum atomic E-state index is -1.66. The second-order valence-electron chi connectivity index (χ2n) is 7.01. The zero-order valence-corrected chi connectivity index (χ0v) is 13.7. The van der Waals surface area contributed by atoms with E-state index < -0.39 is 5.67 Å². The molecule has 6 heteroatoms. The quantitative estimate of drug-likeness (QED) is 0.847. The molecule has 3 atom stereocenters. The highest BCUT2D eigenvalue weighted by Crippen LogP contribution is 2.40. The third kappa shape index (κ3) is 2.82. The maximum absolute atomic E-state index is 14.6. The van der Waals surface area contributed by atoms with Gasteiger partial charge in [0.15, 0.2) is 5.67 Å². The topological polar surface area (TPSA) is 51.7 Å². The van der Waals surface area contributed by atoms with Gasteiger partial charge in [-0.2, -0.15) is 0 Å². The molecule has 3 aliphatic rings. The van der Waals surface area contributed by atoms with Gasteiger partial charge in [-0.1, -0.05) is 6.07 Å². The van der Waals surface area contributed by atoms with Gasteiger partial charge in [0.25, 0.3) is 5.91 Å². The van der Waals surface area contributed by atoms with E-state index in [2.05, 4.69) is 4.98 Å². The normalized spacial score (nSPS) is 31.4. The number of carbonyl (C=O) groups is 1. The van der Waals surface area contributed by atoms with Crippen LogP contribution in [0.2, 0.25) is 0 Å². The molecule has 3 fully saturated rings. The fraction of sp³-hybridized carbons (Fsp3) is 0.667. The van der Waals surface area contributed by atoms with Gasteiger partial charge in [0.1, 0.15) is 6.10 Å². The van der Waals surface area contributed by atoms with Crippen LogP contribution in [0.25, 0.3) is 0 Å². The Balaban J connectivity index is 1.48. The van der Waals surface area contributed by atoms with Crippen LogP contribution >= 0.6 is 0 Å². The van der Waals surface area contributed by atoms with Crippen molar-refractivity contribution in [1.82, 2.24) is 9.88 Å². The summed E-state index contributed by atoms with van der Waals surface area (Å²) in [6, 6.07) is 3.74. The average molecular weight is 334 g/mol. The molecule has 0 radical (unpaired) electrons. The van der Waals surface area contributed by atoms with Crippen molar-refractivity contribution in [3.8, 4) is 0 Å². The Morgan fingerprint density at radius 1 is 1.46 bits per heavy atom. The molecule has 0 spiro atoms. The van der Waals surface area contributed by atoms with Gasteiger partial charge in [-0.25, -0.2) is 4.39 Å². The van der Waals surface area contributed by atoms with E-state index in [1.165, 1.54) is 0 Å². The van der Waals surface area contributed by atoms with E-state index in [1.54, 1.807) is 17.3 Å². The molecule has 130 valence electrons. The molecule has 2 bridgehead atoms. The maximum Gasteiger partial charge on any atom is 0.260 e. The number of hydrogen-bond donors (Lipinski definition) is 0. The number of ether oxygens (including phenoxy) is 2. The highest BCUT2D eigenvalue weighted by atomic mass is 19.1. The summed E-state index contributed by atoms with van der Waals surface area (Å²) in [6.45, 7) is 1.34. The molecule has 1 saturated heterocycles. The number of aromatic nitrogens is 1. The van der Waals surface area contributed by atoms with E-state index in [9.17, 15) is 9.18 Å². The number of hydrogen-bond acceptors (Lipinski definition) is 4. The number of alkyl halides is 1. The van der Waals surface area contributed by atoms with Gasteiger partial charge in [0.2, 0.25) is 0 Å². The van der Waals surface area contributed by atoms with Crippen molar-refractivity contribution in [2.45, 2.75) is 62.6 Å². The number of rotatable bonds is 4. The van der Waals surface area contributed by atoms with Gasteiger partial charge >= 0.3 is 0 Å². The molecule has 2 aliphatic carbocycles. The summed E-state index contributed by atoms with van der Waals surface area (Å²) >= 11 is 0. The number of fused-ring (bicyclic) bond motifs is 2. The zero-order valence-electron chi connectivity index (χ0n) is 13.7. The van der Waals surface area contributed by atoms with Gasteiger partial charge in [-0.3, -0.25) is 9.78 Å². The first-order chi connectivity index (χ1) is 11.7. The van der Waals surface area contributed by atoms with Crippen LogP contribution in [0.15, 0.2) is 24.5 Å². The Bertz CT molecular complexity index is 593. The Hall–Kier alpha value is -1.53. The van der Waals surface area contributed by atoms with E-state index in [0.717, 1.165) is 24.8 Å². The van der Waals surface area contributed by atoms with Gasteiger partial charge in [-0.05, 0) is 43.7 Å². The number of carbonyl (C=O) groups excluding carboxylic acids is 1. The summed E-state index contributed by atoms with van der Waals surface area (Å²) in [5.41, 5.74) is -0.670. The molecule has 1 aliphatic heterocycles. The molecular formula is C18H23FN2O3. The summed E-state index contributed by atoms with van der Waals surface area (Å²) in [4.78, 5) is 18.5. The van der Waals surface area contributed by atoms with Crippen LogP contribution in [-0.2, 0) is 20.9 Å². The first-order valence-corrected chi connectivity index (χ1v) is 8.79. The van der Waals surface area contributed by atoms with Crippen molar-refractivity contribution in [1.29, 1.82) is 0 Å². The second-order valence-corrected chi connectivity index (χ2v) is 7.01. The molecule has 1 aromatic heterocycles. The number of nitrogens with zero attached hydrogens (tertiary/aromatic N) is 2. The van der Waals surface area contributed by atoms with Crippen molar-refractivity contribution < 1.29 is 18.7 Å². The van der Waals surface area contributed by atoms with E-state index in [1.807, 2.05) is 12.1 Å². The lowest BCUT2D eigenvalue weighted by Crippen LogP contribution is -2.56. The predicted molar refractivity (Wildman–Crippen MR) is 85.0 cm³/mol. The first kappa shape index (κ1) is 16.0. The van der Waals surface area contributed by atoms with Crippen molar-refractivity contribution in [2.24, 2.45) is 0 Å². The lowest BCUT2D eigenvalue weighted by Gasteiger charge is -2.40. The summed E-state index contributed by atoms with van der Waals surface area (Å²) in [5.74, 6) is -0.361. The van der Waals surface area contributed by atoms with Crippen molar-refractivity contribution in [3.05, 3.63) is 30.1 Å². The number of halogens is 1. The third-order valence-corrected chi connectivity index (χ3v) is 5.51. The standard InChI is InChI=1S/C18H23FN2O3/c19-18(6-2-7-18)17(22)21-9-10-23-15-5-4-14(21)16(15)24-12-13-3-1-8-20-11-13/h1,3,8,11,14-16H,2,4-7,9-10,12H2/t14-,15-,16-/m0/s1. The Morgan fingerprint density at radius 3 is 3.04 bits per heavy atom. The molecule has 4 rings (SSSR count). The average Bonchev–Trinajstić information content (AvgIpc) is 2.86. The van der Waals surface area contributed by atoms with Crippen LogP contribution in [0.1, 0.15) is 37.7 Å². The highest BCUT2D eigenvalue weighted by Gasteiger charge is 2.52. The van der Waals surface area contributed by atoms with Gasteiger partial charge in [0, 0.05) is 18.9 Å². The summed E-state index contributed by atoms with van der Waals surface area (Å²) in [5, 5.41) is 0. The van der Waals surface area contributed by atoms with Crippen LogP contribution in [0.5, 0.6) is 0 Å². The van der Waals surface area contributed by atoms with Crippen LogP contribution in [0.3, 0.4) is 0 Å². The van der Waals surface area contributed by atoms with Crippen LogP contribution < -0.4 is 0 Å². The van der Waals surface area contributed by atoms with E-state index in [0.29, 0.717) is 32.6 Å². The molecule has 24 heavy (non-hydrogen) atoms. The minimum absolute atomic E-state index is 0.0126. The fourth-order valence-electron chi connectivity index (χ4n) is 4.00. The predicted octanol–water partition coefficient (Wildman–Crippen LogP) is 2.25. The lowest BCUT2D eigenvalue weighted by atomic mass is 9.80. The maximum atomic E-state index is 14.6. The van der Waals surface area contributed by atoms with E-state index >= 15 is 0 Å². The summed E-state index contributed by atoms with van der Waals surface area (Å²) in [6.07, 6.45) is 6.44. The molecule has 0 unspecified atom stereocenters. The van der Waals surface area contributed by atoms with E-state index in [-0.39, 0.29) is 24.2 Å². The van der Waals surface area contributed by atoms with Gasteiger partial charge in [-0.15, -0.1) is 0 Å². The number of pyridine rings is 1. The molecule has 0 N–H and O–H groups in total. The van der Waals surface area contributed by atoms with E-state index in [4.69, 9.17) is 9.47 Å². The summed E-state index contributed by atoms with van der Waals surface area (Å²) in [7, 11) is 0. The van der Waals surface area contributed by atoms with Gasteiger partial charge in [0.05, 0.1) is 25.4 Å². The van der Waals surface area contributed by atoms with Gasteiger partial charge < -0.3 is 14.4 Å². The van der Waals surface area contributed by atoms with Crippen LogP contribution in [0, 0.1) is 0 Å². The highest BCUT2D eigenvalue weighted by molar-refractivity contribution is 5.86. The minimum Gasteiger partial charge on any atom is -0.374 e. The molecule has 1 amide bonds. The smallest absolute Gasteiger partial charge is 0.260 e. The largest absolute Gasteiger partial charge is 0.374 e. The lowest BCUT2D eigenvalue weighted by molar-refractivity contribution is -0.154.